The van der Waals surface area contributed by atoms with E-state index in [4.69, 9.17) is 10.5 Å². The van der Waals surface area contributed by atoms with Crippen LogP contribution < -0.4 is 15.8 Å². The van der Waals surface area contributed by atoms with Gasteiger partial charge >= 0.3 is 0 Å². The van der Waals surface area contributed by atoms with E-state index in [1.807, 2.05) is 24.3 Å². The number of amides is 1. The molecule has 1 saturated carbocycles. The molecule has 23 heavy (non-hydrogen) atoms. The quantitative estimate of drug-likeness (QED) is 0.774. The molecule has 0 aromatic heterocycles. The van der Waals surface area contributed by atoms with E-state index in [0.29, 0.717) is 18.9 Å². The summed E-state index contributed by atoms with van der Waals surface area (Å²) < 4.78 is 5.57. The molecule has 0 radical (unpaired) electrons. The van der Waals surface area contributed by atoms with Crippen molar-refractivity contribution in [1.82, 2.24) is 5.32 Å². The molecule has 1 amide bonds. The minimum Gasteiger partial charge on any atom is -0.494 e. The van der Waals surface area contributed by atoms with E-state index < -0.39 is 0 Å². The fourth-order valence-corrected chi connectivity index (χ4v) is 3.19. The first kappa shape index (κ1) is 17.8. The van der Waals surface area contributed by atoms with Crippen molar-refractivity contribution in [3.63, 3.8) is 0 Å². The molecule has 2 atom stereocenters. The van der Waals surface area contributed by atoms with Crippen LogP contribution in [0.3, 0.4) is 0 Å². The summed E-state index contributed by atoms with van der Waals surface area (Å²) in [4.78, 5) is 12.2. The molecule has 128 valence electrons. The van der Waals surface area contributed by atoms with Gasteiger partial charge in [0.2, 0.25) is 5.91 Å². The Morgan fingerprint density at radius 1 is 1.26 bits per heavy atom. The van der Waals surface area contributed by atoms with Gasteiger partial charge in [-0.15, -0.1) is 0 Å². The highest BCUT2D eigenvalue weighted by Gasteiger charge is 2.24. The zero-order valence-electron chi connectivity index (χ0n) is 14.2. The number of carbonyl (C=O) groups is 1. The van der Waals surface area contributed by atoms with Crippen molar-refractivity contribution in [3.8, 4) is 5.75 Å². The first-order valence-corrected chi connectivity index (χ1v) is 8.94. The molecular weight excluding hydrogens is 288 g/mol. The molecule has 1 aromatic carbocycles. The van der Waals surface area contributed by atoms with E-state index >= 15 is 0 Å². The van der Waals surface area contributed by atoms with Crippen LogP contribution >= 0.6 is 0 Å². The highest BCUT2D eigenvalue weighted by Crippen LogP contribution is 2.23. The normalized spacial score (nSPS) is 21.0. The number of carbonyl (C=O) groups excluding carboxylic acids is 1. The Balaban J connectivity index is 1.75. The molecule has 0 spiro atoms. The molecule has 0 bridgehead atoms. The van der Waals surface area contributed by atoms with Crippen molar-refractivity contribution in [2.75, 3.05) is 13.2 Å². The van der Waals surface area contributed by atoms with Gasteiger partial charge in [0, 0.05) is 12.5 Å². The molecule has 2 unspecified atom stereocenters. The van der Waals surface area contributed by atoms with Crippen molar-refractivity contribution in [2.45, 2.75) is 57.9 Å². The van der Waals surface area contributed by atoms with E-state index in [-0.39, 0.29) is 11.9 Å². The SMILES string of the molecule is CCCOc1ccc(CCC(=O)NC2CCCCC2CN)cc1. The van der Waals surface area contributed by atoms with E-state index in [2.05, 4.69) is 12.2 Å². The van der Waals surface area contributed by atoms with Crippen LogP contribution in [0, 0.1) is 5.92 Å². The number of hydrogen-bond acceptors (Lipinski definition) is 3. The van der Waals surface area contributed by atoms with Gasteiger partial charge in [0.25, 0.3) is 0 Å². The molecule has 1 aliphatic carbocycles. The van der Waals surface area contributed by atoms with Crippen LogP contribution in [0.4, 0.5) is 0 Å². The standard InChI is InChI=1S/C19H30N2O2/c1-2-13-23-17-10-7-15(8-11-17)9-12-19(22)21-18-6-4-3-5-16(18)14-20/h7-8,10-11,16,18H,2-6,9,12-14,20H2,1H3,(H,21,22). The van der Waals surface area contributed by atoms with Gasteiger partial charge in [-0.05, 0) is 55.8 Å². The fourth-order valence-electron chi connectivity index (χ4n) is 3.19. The number of nitrogens with one attached hydrogen (secondary N) is 1. The summed E-state index contributed by atoms with van der Waals surface area (Å²) in [5.41, 5.74) is 6.99. The van der Waals surface area contributed by atoms with Gasteiger partial charge < -0.3 is 15.8 Å². The van der Waals surface area contributed by atoms with Crippen LogP contribution in [0.1, 0.15) is 51.0 Å². The average molecular weight is 318 g/mol. The number of rotatable bonds is 8. The molecule has 1 fully saturated rings. The van der Waals surface area contributed by atoms with Gasteiger partial charge in [0.15, 0.2) is 0 Å². The van der Waals surface area contributed by atoms with Crippen LogP contribution in [0.15, 0.2) is 24.3 Å². The lowest BCUT2D eigenvalue weighted by Gasteiger charge is -2.31. The summed E-state index contributed by atoms with van der Waals surface area (Å²) in [6.07, 6.45) is 6.94. The Kier molecular flexibility index (Phi) is 7.40. The summed E-state index contributed by atoms with van der Waals surface area (Å²) in [6.45, 7) is 3.50. The first-order valence-electron chi connectivity index (χ1n) is 8.94. The maximum Gasteiger partial charge on any atom is 0.220 e. The maximum atomic E-state index is 12.2. The molecular formula is C19H30N2O2. The Morgan fingerprint density at radius 3 is 2.70 bits per heavy atom. The zero-order chi connectivity index (χ0) is 16.5. The highest BCUT2D eigenvalue weighted by molar-refractivity contribution is 5.76. The molecule has 0 heterocycles. The molecule has 1 aliphatic rings. The second kappa shape index (κ2) is 9.56. The fraction of sp³-hybridized carbons (Fsp3) is 0.632. The first-order chi connectivity index (χ1) is 11.2. The molecule has 0 saturated heterocycles. The van der Waals surface area contributed by atoms with E-state index in [9.17, 15) is 4.79 Å². The van der Waals surface area contributed by atoms with Gasteiger partial charge in [0.1, 0.15) is 5.75 Å². The number of aryl methyl sites for hydroxylation is 1. The molecule has 4 heteroatoms. The Labute approximate surface area is 139 Å². The Bertz CT molecular complexity index is 473. The van der Waals surface area contributed by atoms with Crippen LogP contribution in [-0.2, 0) is 11.2 Å². The smallest absolute Gasteiger partial charge is 0.220 e. The number of hydrogen-bond donors (Lipinski definition) is 2. The minimum atomic E-state index is 0.140. The van der Waals surface area contributed by atoms with E-state index in [0.717, 1.165) is 38.0 Å². The van der Waals surface area contributed by atoms with Crippen LogP contribution in [-0.4, -0.2) is 25.1 Å². The predicted molar refractivity (Wildman–Crippen MR) is 93.5 cm³/mol. The second-order valence-electron chi connectivity index (χ2n) is 6.45. The van der Waals surface area contributed by atoms with Gasteiger partial charge in [-0.25, -0.2) is 0 Å². The van der Waals surface area contributed by atoms with Crippen molar-refractivity contribution < 1.29 is 9.53 Å². The van der Waals surface area contributed by atoms with E-state index in [1.54, 1.807) is 0 Å². The highest BCUT2D eigenvalue weighted by atomic mass is 16.5. The van der Waals surface area contributed by atoms with Crippen molar-refractivity contribution >= 4 is 5.91 Å². The van der Waals surface area contributed by atoms with Crippen molar-refractivity contribution in [3.05, 3.63) is 29.8 Å². The zero-order valence-corrected chi connectivity index (χ0v) is 14.2. The monoisotopic (exact) mass is 318 g/mol. The maximum absolute atomic E-state index is 12.2. The summed E-state index contributed by atoms with van der Waals surface area (Å²) in [7, 11) is 0. The largest absolute Gasteiger partial charge is 0.494 e. The van der Waals surface area contributed by atoms with Crippen molar-refractivity contribution in [1.29, 1.82) is 0 Å². The van der Waals surface area contributed by atoms with Crippen LogP contribution in [0.5, 0.6) is 5.75 Å². The lowest BCUT2D eigenvalue weighted by Crippen LogP contribution is -2.44. The van der Waals surface area contributed by atoms with Gasteiger partial charge in [-0.2, -0.15) is 0 Å². The topological polar surface area (TPSA) is 64.3 Å². The molecule has 2 rings (SSSR count). The summed E-state index contributed by atoms with van der Waals surface area (Å²) in [5.74, 6) is 1.48. The molecule has 1 aromatic rings. The predicted octanol–water partition coefficient (Wildman–Crippen LogP) is 3.04. The number of nitrogens with two attached hydrogens (primary N) is 1. The van der Waals surface area contributed by atoms with Gasteiger partial charge in [-0.3, -0.25) is 4.79 Å². The number of ether oxygens (including phenoxy) is 1. The van der Waals surface area contributed by atoms with Crippen molar-refractivity contribution in [2.24, 2.45) is 11.7 Å². The van der Waals surface area contributed by atoms with Crippen LogP contribution in [0.25, 0.3) is 0 Å². The average Bonchev–Trinajstić information content (AvgIpc) is 2.59. The lowest BCUT2D eigenvalue weighted by molar-refractivity contribution is -0.122. The summed E-state index contributed by atoms with van der Waals surface area (Å²) in [6, 6.07) is 8.32. The molecule has 4 nitrogen and oxygen atoms in total. The number of benzene rings is 1. The minimum absolute atomic E-state index is 0.140. The third kappa shape index (κ3) is 5.87. The Morgan fingerprint density at radius 2 is 2.00 bits per heavy atom. The third-order valence-electron chi connectivity index (χ3n) is 4.60. The second-order valence-corrected chi connectivity index (χ2v) is 6.45. The molecule has 3 N–H and O–H groups in total. The summed E-state index contributed by atoms with van der Waals surface area (Å²) >= 11 is 0. The van der Waals surface area contributed by atoms with E-state index in [1.165, 1.54) is 18.4 Å². The third-order valence-corrected chi connectivity index (χ3v) is 4.60. The Hall–Kier alpha value is -1.55. The van der Waals surface area contributed by atoms with Gasteiger partial charge in [0.05, 0.1) is 6.61 Å². The lowest BCUT2D eigenvalue weighted by atomic mass is 9.84. The van der Waals surface area contributed by atoms with Crippen LogP contribution in [0.2, 0.25) is 0 Å². The summed E-state index contributed by atoms with van der Waals surface area (Å²) in [5, 5.41) is 3.19. The van der Waals surface area contributed by atoms with Gasteiger partial charge in [-0.1, -0.05) is 31.9 Å². The molecule has 0 aliphatic heterocycles.